The van der Waals surface area contributed by atoms with Crippen molar-refractivity contribution in [2.45, 2.75) is 64.6 Å². The number of nitrogens with zero attached hydrogens (tertiary/aromatic N) is 7. The number of imidazole rings is 1. The zero-order valence-electron chi connectivity index (χ0n) is 23.8. The number of amides is 2. The van der Waals surface area contributed by atoms with E-state index >= 15 is 0 Å². The summed E-state index contributed by atoms with van der Waals surface area (Å²) in [4.78, 5) is 46.8. The molecule has 0 atom stereocenters. The molecule has 4 heterocycles. The lowest BCUT2D eigenvalue weighted by atomic mass is 9.86. The molecule has 1 aliphatic heterocycles. The Morgan fingerprint density at radius 3 is 2.58 bits per heavy atom. The van der Waals surface area contributed by atoms with Gasteiger partial charge in [-0.2, -0.15) is 0 Å². The van der Waals surface area contributed by atoms with Gasteiger partial charge < -0.3 is 24.8 Å². The Morgan fingerprint density at radius 2 is 1.85 bits per heavy atom. The molecule has 3 aromatic heterocycles. The summed E-state index contributed by atoms with van der Waals surface area (Å²) in [5.74, 6) is 0.592. The summed E-state index contributed by atoms with van der Waals surface area (Å²) in [6.45, 7) is 12.3. The first-order chi connectivity index (χ1) is 19.2. The number of aromatic nitrogens is 5. The Kier molecular flexibility index (Phi) is 8.15. The van der Waals surface area contributed by atoms with E-state index in [0.717, 1.165) is 68.1 Å². The number of piperazine rings is 1. The van der Waals surface area contributed by atoms with Gasteiger partial charge in [0.1, 0.15) is 23.1 Å². The number of ether oxygens (including phenoxy) is 1. The number of nitrogens with one attached hydrogen (secondary N) is 2. The van der Waals surface area contributed by atoms with Gasteiger partial charge in [-0.1, -0.05) is 6.07 Å². The van der Waals surface area contributed by atoms with E-state index in [-0.39, 0.29) is 24.1 Å². The summed E-state index contributed by atoms with van der Waals surface area (Å²) in [6.07, 6.45) is 5.73. The molecule has 1 saturated carbocycles. The van der Waals surface area contributed by atoms with E-state index in [4.69, 9.17) is 4.74 Å². The molecule has 1 saturated heterocycles. The van der Waals surface area contributed by atoms with Gasteiger partial charge in [-0.15, -0.1) is 0 Å². The van der Waals surface area contributed by atoms with Crippen molar-refractivity contribution < 1.29 is 14.3 Å². The number of rotatable bonds is 8. The standard InChI is InChI=1S/C28H39N9O3/c1-19-7-5-8-22(33-19)26(38)34-20-15-21(16-20)37-18-32-23-24(30-17-31-25(23)37)29-9-6-10-35-11-13-36(14-12-35)27(39)40-28(2,3)4/h5,7-8,17-18,20-21H,6,9-16H2,1-4H3,(H,34,38)(H,29,30,31). The number of anilines is 1. The number of carbonyl (C=O) groups is 2. The zero-order valence-corrected chi connectivity index (χ0v) is 23.8. The molecule has 40 heavy (non-hydrogen) atoms. The number of hydrogen-bond donors (Lipinski definition) is 2. The van der Waals surface area contributed by atoms with Crippen molar-refractivity contribution in [2.24, 2.45) is 0 Å². The van der Waals surface area contributed by atoms with Gasteiger partial charge in [0, 0.05) is 50.5 Å². The van der Waals surface area contributed by atoms with Gasteiger partial charge in [0.05, 0.1) is 6.33 Å². The molecular formula is C28H39N9O3. The highest BCUT2D eigenvalue weighted by Gasteiger charge is 2.33. The van der Waals surface area contributed by atoms with Crippen LogP contribution in [0.2, 0.25) is 0 Å². The number of hydrogen-bond acceptors (Lipinski definition) is 9. The molecule has 2 amide bonds. The summed E-state index contributed by atoms with van der Waals surface area (Å²) < 4.78 is 7.57. The highest BCUT2D eigenvalue weighted by molar-refractivity contribution is 5.92. The molecule has 2 N–H and O–H groups in total. The third kappa shape index (κ3) is 6.67. The fraction of sp³-hybridized carbons (Fsp3) is 0.571. The zero-order chi connectivity index (χ0) is 28.3. The van der Waals surface area contributed by atoms with Crippen LogP contribution in [0, 0.1) is 6.92 Å². The Morgan fingerprint density at radius 1 is 1.07 bits per heavy atom. The maximum absolute atomic E-state index is 12.5. The molecule has 12 nitrogen and oxygen atoms in total. The maximum atomic E-state index is 12.5. The molecule has 3 aromatic rings. The summed E-state index contributed by atoms with van der Waals surface area (Å²) >= 11 is 0. The highest BCUT2D eigenvalue weighted by Crippen LogP contribution is 2.35. The van der Waals surface area contributed by atoms with Crippen molar-refractivity contribution in [3.05, 3.63) is 42.2 Å². The average Bonchev–Trinajstić information content (AvgIpc) is 3.32. The van der Waals surface area contributed by atoms with Gasteiger partial charge >= 0.3 is 6.09 Å². The maximum Gasteiger partial charge on any atom is 0.410 e. The van der Waals surface area contributed by atoms with Crippen LogP contribution in [0.3, 0.4) is 0 Å². The van der Waals surface area contributed by atoms with E-state index in [9.17, 15) is 9.59 Å². The third-order valence-electron chi connectivity index (χ3n) is 7.29. The Hall–Kier alpha value is -3.80. The fourth-order valence-electron chi connectivity index (χ4n) is 5.10. The van der Waals surface area contributed by atoms with Crippen LogP contribution in [-0.2, 0) is 4.74 Å². The van der Waals surface area contributed by atoms with Crippen LogP contribution in [0.5, 0.6) is 0 Å². The molecule has 1 aliphatic carbocycles. The van der Waals surface area contributed by atoms with Gasteiger partial charge in [-0.05, 0) is 65.6 Å². The molecule has 5 rings (SSSR count). The van der Waals surface area contributed by atoms with Crippen LogP contribution in [0.25, 0.3) is 11.2 Å². The van der Waals surface area contributed by atoms with Crippen molar-refractivity contribution in [2.75, 3.05) is 44.6 Å². The normalized spacial score (nSPS) is 19.8. The van der Waals surface area contributed by atoms with Crippen LogP contribution in [0.4, 0.5) is 10.6 Å². The molecule has 2 fully saturated rings. The van der Waals surface area contributed by atoms with E-state index < -0.39 is 5.60 Å². The molecule has 0 aromatic carbocycles. The third-order valence-corrected chi connectivity index (χ3v) is 7.29. The van der Waals surface area contributed by atoms with Crippen LogP contribution in [0.15, 0.2) is 30.9 Å². The van der Waals surface area contributed by atoms with Gasteiger partial charge in [-0.3, -0.25) is 9.69 Å². The van der Waals surface area contributed by atoms with Gasteiger partial charge in [0.15, 0.2) is 11.5 Å². The van der Waals surface area contributed by atoms with Gasteiger partial charge in [-0.25, -0.2) is 24.7 Å². The number of fused-ring (bicyclic) bond motifs is 1. The largest absolute Gasteiger partial charge is 0.444 e. The Balaban J connectivity index is 1.06. The molecule has 0 radical (unpaired) electrons. The molecule has 214 valence electrons. The van der Waals surface area contributed by atoms with E-state index in [1.807, 2.05) is 46.2 Å². The molecule has 12 heteroatoms. The first-order valence-electron chi connectivity index (χ1n) is 14.0. The lowest BCUT2D eigenvalue weighted by molar-refractivity contribution is 0.0145. The SMILES string of the molecule is Cc1cccc(C(=O)NC2CC(n3cnc4c(NCCCN5CCN(C(=O)OC(C)(C)C)CC5)ncnc43)C2)n1. The molecular weight excluding hydrogens is 510 g/mol. The molecule has 0 spiro atoms. The van der Waals surface area contributed by atoms with Gasteiger partial charge in [0.2, 0.25) is 0 Å². The summed E-state index contributed by atoms with van der Waals surface area (Å²) in [7, 11) is 0. The van der Waals surface area contributed by atoms with E-state index in [1.165, 1.54) is 0 Å². The minimum Gasteiger partial charge on any atom is -0.444 e. The Bertz CT molecular complexity index is 1340. The Labute approximate surface area is 234 Å². The molecule has 0 bridgehead atoms. The minimum atomic E-state index is -0.472. The van der Waals surface area contributed by atoms with Crippen molar-refractivity contribution in [3.8, 4) is 0 Å². The number of aryl methyl sites for hydroxylation is 1. The van der Waals surface area contributed by atoms with Crippen LogP contribution in [0.1, 0.15) is 62.3 Å². The molecule has 2 aliphatic rings. The minimum absolute atomic E-state index is 0.0997. The van der Waals surface area contributed by atoms with Gasteiger partial charge in [0.25, 0.3) is 5.91 Å². The van der Waals surface area contributed by atoms with Crippen LogP contribution < -0.4 is 10.6 Å². The van der Waals surface area contributed by atoms with Crippen molar-refractivity contribution >= 4 is 29.0 Å². The van der Waals surface area contributed by atoms with Crippen molar-refractivity contribution in [3.63, 3.8) is 0 Å². The second-order valence-electron chi connectivity index (χ2n) is 11.6. The highest BCUT2D eigenvalue weighted by atomic mass is 16.6. The lowest BCUT2D eigenvalue weighted by Crippen LogP contribution is -2.50. The van der Waals surface area contributed by atoms with Crippen molar-refractivity contribution in [1.82, 2.24) is 39.6 Å². The van der Waals surface area contributed by atoms with Crippen LogP contribution >= 0.6 is 0 Å². The topological polar surface area (TPSA) is 130 Å². The van der Waals surface area contributed by atoms with E-state index in [0.29, 0.717) is 18.8 Å². The smallest absolute Gasteiger partial charge is 0.410 e. The first-order valence-corrected chi connectivity index (χ1v) is 14.0. The predicted molar refractivity (Wildman–Crippen MR) is 151 cm³/mol. The average molecular weight is 550 g/mol. The number of carbonyl (C=O) groups excluding carboxylic acids is 2. The van der Waals surface area contributed by atoms with Crippen LogP contribution in [-0.4, -0.2) is 97.2 Å². The first kappa shape index (κ1) is 27.8. The van der Waals surface area contributed by atoms with E-state index in [2.05, 4.69) is 40.0 Å². The second-order valence-corrected chi connectivity index (χ2v) is 11.6. The molecule has 0 unspecified atom stereocenters. The van der Waals surface area contributed by atoms with E-state index in [1.54, 1.807) is 17.3 Å². The lowest BCUT2D eigenvalue weighted by Gasteiger charge is -2.36. The summed E-state index contributed by atoms with van der Waals surface area (Å²) in [5.41, 5.74) is 2.35. The second kappa shape index (κ2) is 11.7. The van der Waals surface area contributed by atoms with Crippen molar-refractivity contribution in [1.29, 1.82) is 0 Å². The summed E-state index contributed by atoms with van der Waals surface area (Å²) in [6, 6.07) is 5.78. The fourth-order valence-corrected chi connectivity index (χ4v) is 5.10. The quantitative estimate of drug-likeness (QED) is 0.407. The monoisotopic (exact) mass is 549 g/mol. The summed E-state index contributed by atoms with van der Waals surface area (Å²) in [5, 5.41) is 6.50. The number of pyridine rings is 1. The predicted octanol–water partition coefficient (Wildman–Crippen LogP) is 3.02.